The molecule has 1 atom stereocenters. The van der Waals surface area contributed by atoms with Crippen LogP contribution in [0.15, 0.2) is 30.5 Å². The van der Waals surface area contributed by atoms with Crippen molar-refractivity contribution in [1.29, 1.82) is 0 Å². The van der Waals surface area contributed by atoms with E-state index >= 15 is 0 Å². The van der Waals surface area contributed by atoms with Crippen LogP contribution in [0.3, 0.4) is 0 Å². The standard InChI is InChI=1S/C19H21N5O4/c1-19(2,3)28-18(27)22-9-8-12(10-22)23-11-15(20-21-23)24-16(25)13-6-4-5-7-14(13)17(24)26/h4-7,11-12H,8-10H2,1-3H3. The summed E-state index contributed by atoms with van der Waals surface area (Å²) in [5.74, 6) is -0.633. The van der Waals surface area contributed by atoms with Gasteiger partial charge in [0.25, 0.3) is 11.8 Å². The van der Waals surface area contributed by atoms with Crippen LogP contribution in [0.5, 0.6) is 0 Å². The molecule has 1 aromatic heterocycles. The van der Waals surface area contributed by atoms with E-state index in [2.05, 4.69) is 10.3 Å². The Morgan fingerprint density at radius 1 is 1.14 bits per heavy atom. The molecule has 2 aliphatic heterocycles. The van der Waals surface area contributed by atoms with Crippen molar-refractivity contribution in [2.24, 2.45) is 0 Å². The number of rotatable bonds is 2. The fourth-order valence-corrected chi connectivity index (χ4v) is 3.40. The van der Waals surface area contributed by atoms with E-state index < -0.39 is 17.4 Å². The largest absolute Gasteiger partial charge is 0.444 e. The van der Waals surface area contributed by atoms with Crippen molar-refractivity contribution in [3.8, 4) is 0 Å². The predicted octanol–water partition coefficient (Wildman–Crippen LogP) is 2.26. The maximum absolute atomic E-state index is 12.6. The molecule has 2 aromatic rings. The van der Waals surface area contributed by atoms with E-state index in [1.807, 2.05) is 20.8 Å². The first-order chi connectivity index (χ1) is 13.2. The van der Waals surface area contributed by atoms with Crippen molar-refractivity contribution in [2.45, 2.75) is 38.8 Å². The lowest BCUT2D eigenvalue weighted by atomic mass is 10.1. The molecule has 4 rings (SSSR count). The molecule has 0 N–H and O–H groups in total. The Bertz CT molecular complexity index is 926. The number of carbonyl (C=O) groups excluding carboxylic acids is 3. The number of carbonyl (C=O) groups is 3. The first-order valence-corrected chi connectivity index (χ1v) is 9.12. The first-order valence-electron chi connectivity index (χ1n) is 9.12. The third-order valence-corrected chi connectivity index (χ3v) is 4.71. The molecule has 0 aliphatic carbocycles. The van der Waals surface area contributed by atoms with Gasteiger partial charge in [-0.3, -0.25) is 9.59 Å². The maximum atomic E-state index is 12.6. The Hall–Kier alpha value is -3.23. The quantitative estimate of drug-likeness (QED) is 0.738. The molecule has 146 valence electrons. The van der Waals surface area contributed by atoms with Gasteiger partial charge in [-0.25, -0.2) is 14.4 Å². The van der Waals surface area contributed by atoms with Crippen LogP contribution in [0.1, 0.15) is 53.9 Å². The molecule has 0 radical (unpaired) electrons. The van der Waals surface area contributed by atoms with Crippen molar-refractivity contribution < 1.29 is 19.1 Å². The number of hydrogen-bond acceptors (Lipinski definition) is 6. The number of imide groups is 1. The van der Waals surface area contributed by atoms with Gasteiger partial charge in [0.2, 0.25) is 0 Å². The van der Waals surface area contributed by atoms with Gasteiger partial charge in [-0.15, -0.1) is 5.10 Å². The Kier molecular flexibility index (Phi) is 4.17. The lowest BCUT2D eigenvalue weighted by Crippen LogP contribution is -2.35. The van der Waals surface area contributed by atoms with Gasteiger partial charge in [0, 0.05) is 13.1 Å². The van der Waals surface area contributed by atoms with E-state index in [0.29, 0.717) is 30.6 Å². The summed E-state index contributed by atoms with van der Waals surface area (Å²) < 4.78 is 7.00. The molecule has 3 heterocycles. The van der Waals surface area contributed by atoms with Crippen molar-refractivity contribution in [2.75, 3.05) is 18.0 Å². The van der Waals surface area contributed by atoms with Gasteiger partial charge in [-0.05, 0) is 39.3 Å². The lowest BCUT2D eigenvalue weighted by Gasteiger charge is -2.24. The molecule has 0 saturated carbocycles. The number of fused-ring (bicyclic) bond motifs is 1. The van der Waals surface area contributed by atoms with E-state index in [-0.39, 0.29) is 18.0 Å². The number of ether oxygens (including phenoxy) is 1. The SMILES string of the molecule is CC(C)(C)OC(=O)N1CCC(n2cc(N3C(=O)c4ccccc4C3=O)nn2)C1. The van der Waals surface area contributed by atoms with Gasteiger partial charge < -0.3 is 9.64 Å². The van der Waals surface area contributed by atoms with Crippen LogP contribution in [0.4, 0.5) is 10.6 Å². The van der Waals surface area contributed by atoms with Gasteiger partial charge in [0.1, 0.15) is 5.60 Å². The molecule has 9 heteroatoms. The second kappa shape index (κ2) is 6.43. The minimum absolute atomic E-state index is 0.0936. The molecule has 1 saturated heterocycles. The second-order valence-corrected chi connectivity index (χ2v) is 7.92. The third-order valence-electron chi connectivity index (χ3n) is 4.71. The summed E-state index contributed by atoms with van der Waals surface area (Å²) in [6, 6.07) is 6.58. The number of hydrogen-bond donors (Lipinski definition) is 0. The lowest BCUT2D eigenvalue weighted by molar-refractivity contribution is 0.0288. The number of anilines is 1. The molecule has 1 aromatic carbocycles. The van der Waals surface area contributed by atoms with E-state index in [4.69, 9.17) is 4.74 Å². The molecule has 28 heavy (non-hydrogen) atoms. The molecule has 1 fully saturated rings. The van der Waals surface area contributed by atoms with E-state index in [9.17, 15) is 14.4 Å². The van der Waals surface area contributed by atoms with Gasteiger partial charge in [0.05, 0.1) is 23.4 Å². The van der Waals surface area contributed by atoms with E-state index in [0.717, 1.165) is 4.90 Å². The second-order valence-electron chi connectivity index (χ2n) is 7.92. The summed E-state index contributed by atoms with van der Waals surface area (Å²) in [7, 11) is 0. The van der Waals surface area contributed by atoms with Crippen LogP contribution in [0.25, 0.3) is 0 Å². The summed E-state index contributed by atoms with van der Waals surface area (Å²) in [5.41, 5.74) is 0.166. The smallest absolute Gasteiger partial charge is 0.410 e. The molecule has 3 amide bonds. The van der Waals surface area contributed by atoms with Gasteiger partial charge in [-0.2, -0.15) is 0 Å². The van der Waals surface area contributed by atoms with Crippen LogP contribution in [-0.2, 0) is 4.74 Å². The van der Waals surface area contributed by atoms with E-state index in [1.54, 1.807) is 40.0 Å². The van der Waals surface area contributed by atoms with Crippen LogP contribution >= 0.6 is 0 Å². The number of aromatic nitrogens is 3. The summed E-state index contributed by atoms with van der Waals surface area (Å²) in [5, 5.41) is 8.10. The van der Waals surface area contributed by atoms with E-state index in [1.165, 1.54) is 0 Å². The third kappa shape index (κ3) is 3.12. The highest BCUT2D eigenvalue weighted by molar-refractivity contribution is 6.34. The van der Waals surface area contributed by atoms with Crippen LogP contribution in [0.2, 0.25) is 0 Å². The summed E-state index contributed by atoms with van der Waals surface area (Å²) in [4.78, 5) is 40.0. The van der Waals surface area contributed by atoms with Crippen molar-refractivity contribution in [1.82, 2.24) is 19.9 Å². The summed E-state index contributed by atoms with van der Waals surface area (Å²) in [6.45, 7) is 6.44. The Labute approximate surface area is 161 Å². The van der Waals surface area contributed by atoms with Gasteiger partial charge >= 0.3 is 6.09 Å². The van der Waals surface area contributed by atoms with Crippen LogP contribution in [0, 0.1) is 0 Å². The molecule has 0 bridgehead atoms. The first kappa shape index (κ1) is 18.1. The Morgan fingerprint density at radius 2 is 1.79 bits per heavy atom. The average molecular weight is 383 g/mol. The zero-order valence-electron chi connectivity index (χ0n) is 16.0. The summed E-state index contributed by atoms with van der Waals surface area (Å²) >= 11 is 0. The van der Waals surface area contributed by atoms with Gasteiger partial charge in [-0.1, -0.05) is 17.3 Å². The zero-order chi connectivity index (χ0) is 20.1. The highest BCUT2D eigenvalue weighted by atomic mass is 16.6. The van der Waals surface area contributed by atoms with Crippen molar-refractivity contribution >= 4 is 23.7 Å². The molecule has 2 aliphatic rings. The number of benzene rings is 1. The Balaban J connectivity index is 1.48. The van der Waals surface area contributed by atoms with Crippen LogP contribution < -0.4 is 4.90 Å². The highest BCUT2D eigenvalue weighted by Gasteiger charge is 2.38. The molecule has 9 nitrogen and oxygen atoms in total. The molecule has 1 unspecified atom stereocenters. The van der Waals surface area contributed by atoms with Crippen molar-refractivity contribution in [3.05, 3.63) is 41.6 Å². The topological polar surface area (TPSA) is 97.6 Å². The summed E-state index contributed by atoms with van der Waals surface area (Å²) in [6.07, 6.45) is 1.89. The molecule has 0 spiro atoms. The molecular formula is C19H21N5O4. The van der Waals surface area contributed by atoms with Crippen LogP contribution in [-0.4, -0.2) is 56.5 Å². The number of likely N-dealkylation sites (tertiary alicyclic amines) is 1. The zero-order valence-corrected chi connectivity index (χ0v) is 16.0. The average Bonchev–Trinajstić information content (AvgIpc) is 3.33. The fourth-order valence-electron chi connectivity index (χ4n) is 3.40. The fraction of sp³-hybridized carbons (Fsp3) is 0.421. The van der Waals surface area contributed by atoms with Gasteiger partial charge in [0.15, 0.2) is 5.82 Å². The maximum Gasteiger partial charge on any atom is 0.410 e. The minimum Gasteiger partial charge on any atom is -0.444 e. The number of amides is 3. The predicted molar refractivity (Wildman–Crippen MR) is 99.1 cm³/mol. The van der Waals surface area contributed by atoms with Crippen molar-refractivity contribution in [3.63, 3.8) is 0 Å². The monoisotopic (exact) mass is 383 g/mol. The minimum atomic E-state index is -0.554. The highest BCUT2D eigenvalue weighted by Crippen LogP contribution is 2.28. The Morgan fingerprint density at radius 3 is 2.39 bits per heavy atom. The normalized spacial score (nSPS) is 19.3. The molecular weight excluding hydrogens is 362 g/mol. The number of nitrogens with zero attached hydrogens (tertiary/aromatic N) is 5.